The molecule has 0 radical (unpaired) electrons. The summed E-state index contributed by atoms with van der Waals surface area (Å²) in [5, 5.41) is 11.4. The Hall–Kier alpha value is -2.74. The maximum atomic E-state index is 12.9. The Morgan fingerprint density at radius 2 is 1.64 bits per heavy atom. The number of rotatable bonds is 7. The van der Waals surface area contributed by atoms with Crippen LogP contribution in [0.4, 0.5) is 32.2 Å². The molecule has 1 fully saturated rings. The number of alkyl halides is 6. The summed E-state index contributed by atoms with van der Waals surface area (Å²) in [7, 11) is -3.53. The molecular formula is C19H17F6N3O4S. The number of nitrogens with one attached hydrogen (secondary N) is 1. The van der Waals surface area contributed by atoms with Crippen LogP contribution in [-0.2, 0) is 26.7 Å². The maximum Gasteiger partial charge on any atom is 0.430 e. The molecule has 7 nitrogen and oxygen atoms in total. The molecule has 1 amide bonds. The standard InChI is InChI=1S/C19H17F6N3O4S/c20-18(21,22)17(30,19(23,24)25)13-4-5-14(26-9-13)28-15(29)7-12-3-6-16(27-8-12)33(31,32)10-11-1-2-11/h3-6,8-9,11,30H,1-2,7,10H2,(H,26,28,29). The highest BCUT2D eigenvalue weighted by molar-refractivity contribution is 7.91. The third-order valence-corrected chi connectivity index (χ3v) is 6.69. The summed E-state index contributed by atoms with van der Waals surface area (Å²) in [6.07, 6.45) is -9.38. The van der Waals surface area contributed by atoms with Crippen molar-refractivity contribution in [1.82, 2.24) is 9.97 Å². The smallest absolute Gasteiger partial charge is 0.369 e. The molecule has 14 heteroatoms. The molecule has 0 aromatic carbocycles. The SMILES string of the molecule is O=C(Cc1ccc(S(=O)(=O)CC2CC2)nc1)Nc1ccc(C(O)(C(F)(F)F)C(F)(F)F)cn1. The summed E-state index contributed by atoms with van der Waals surface area (Å²) in [5.41, 5.74) is -6.37. The minimum absolute atomic E-state index is 0.000694. The molecule has 3 rings (SSSR count). The monoisotopic (exact) mass is 497 g/mol. The van der Waals surface area contributed by atoms with Crippen LogP contribution in [0.2, 0.25) is 0 Å². The van der Waals surface area contributed by atoms with Gasteiger partial charge in [-0.1, -0.05) is 12.1 Å². The van der Waals surface area contributed by atoms with Crippen molar-refractivity contribution >= 4 is 21.6 Å². The van der Waals surface area contributed by atoms with Crippen LogP contribution >= 0.6 is 0 Å². The number of carbonyl (C=O) groups excluding carboxylic acids is 1. The number of halogens is 6. The molecule has 0 saturated heterocycles. The fourth-order valence-electron chi connectivity index (χ4n) is 2.92. The van der Waals surface area contributed by atoms with Crippen LogP contribution in [0.25, 0.3) is 0 Å². The van der Waals surface area contributed by atoms with E-state index in [4.69, 9.17) is 0 Å². The first kappa shape index (κ1) is 24.9. The van der Waals surface area contributed by atoms with Crippen molar-refractivity contribution in [2.75, 3.05) is 11.1 Å². The minimum atomic E-state index is -6.05. The molecule has 0 atom stereocenters. The molecule has 2 N–H and O–H groups in total. The fraction of sp³-hybridized carbons (Fsp3) is 0.421. The van der Waals surface area contributed by atoms with Gasteiger partial charge in [0, 0.05) is 18.0 Å². The van der Waals surface area contributed by atoms with E-state index in [-0.39, 0.29) is 35.1 Å². The Morgan fingerprint density at radius 1 is 1.00 bits per heavy atom. The average Bonchev–Trinajstić information content (AvgIpc) is 3.50. The van der Waals surface area contributed by atoms with E-state index >= 15 is 0 Å². The Balaban J connectivity index is 1.66. The molecule has 33 heavy (non-hydrogen) atoms. The van der Waals surface area contributed by atoms with Gasteiger partial charge in [0.25, 0.3) is 5.60 Å². The highest BCUT2D eigenvalue weighted by atomic mass is 32.2. The number of pyridine rings is 2. The lowest BCUT2D eigenvalue weighted by molar-refractivity contribution is -0.376. The first-order chi connectivity index (χ1) is 15.1. The number of hydrogen-bond donors (Lipinski definition) is 2. The van der Waals surface area contributed by atoms with Gasteiger partial charge in [-0.15, -0.1) is 0 Å². The van der Waals surface area contributed by atoms with Gasteiger partial charge in [0.15, 0.2) is 14.9 Å². The predicted octanol–water partition coefficient (Wildman–Crippen LogP) is 3.15. The number of sulfone groups is 1. The van der Waals surface area contributed by atoms with E-state index in [1.54, 1.807) is 0 Å². The Morgan fingerprint density at radius 3 is 2.09 bits per heavy atom. The summed E-state index contributed by atoms with van der Waals surface area (Å²) < 4.78 is 102. The van der Waals surface area contributed by atoms with Crippen LogP contribution < -0.4 is 5.32 Å². The van der Waals surface area contributed by atoms with Crippen molar-refractivity contribution in [3.8, 4) is 0 Å². The number of amides is 1. The Labute approximate surface area is 183 Å². The Bertz CT molecular complexity index is 1100. The maximum absolute atomic E-state index is 12.9. The topological polar surface area (TPSA) is 109 Å². The highest BCUT2D eigenvalue weighted by Gasteiger charge is 2.71. The van der Waals surface area contributed by atoms with Gasteiger partial charge in [-0.3, -0.25) is 4.79 Å². The Kier molecular flexibility index (Phi) is 6.45. The predicted molar refractivity (Wildman–Crippen MR) is 102 cm³/mol. The average molecular weight is 497 g/mol. The number of aromatic nitrogens is 2. The quantitative estimate of drug-likeness (QED) is 0.569. The zero-order valence-corrected chi connectivity index (χ0v) is 17.4. The zero-order valence-electron chi connectivity index (χ0n) is 16.6. The van der Waals surface area contributed by atoms with E-state index in [9.17, 15) is 44.7 Å². The van der Waals surface area contributed by atoms with Gasteiger partial charge < -0.3 is 10.4 Å². The summed E-state index contributed by atoms with van der Waals surface area (Å²) in [5.74, 6) is -0.955. The van der Waals surface area contributed by atoms with Crippen molar-refractivity contribution in [2.24, 2.45) is 5.92 Å². The molecule has 180 valence electrons. The molecule has 0 aliphatic heterocycles. The molecular weight excluding hydrogens is 480 g/mol. The van der Waals surface area contributed by atoms with Gasteiger partial charge in [0.05, 0.1) is 12.2 Å². The first-order valence-corrected chi connectivity index (χ1v) is 11.1. The van der Waals surface area contributed by atoms with Crippen molar-refractivity contribution < 1.29 is 44.7 Å². The van der Waals surface area contributed by atoms with E-state index in [0.29, 0.717) is 17.7 Å². The molecule has 0 bridgehead atoms. The van der Waals surface area contributed by atoms with Crippen LogP contribution in [0.3, 0.4) is 0 Å². The first-order valence-electron chi connectivity index (χ1n) is 9.43. The second-order valence-corrected chi connectivity index (χ2v) is 9.57. The molecule has 0 unspecified atom stereocenters. The minimum Gasteiger partial charge on any atom is -0.369 e. The molecule has 2 aromatic heterocycles. The summed E-state index contributed by atoms with van der Waals surface area (Å²) in [6.45, 7) is 0. The highest BCUT2D eigenvalue weighted by Crippen LogP contribution is 2.49. The van der Waals surface area contributed by atoms with Crippen LogP contribution in [0, 0.1) is 5.92 Å². The van der Waals surface area contributed by atoms with Crippen LogP contribution in [0.1, 0.15) is 24.0 Å². The molecule has 1 saturated carbocycles. The summed E-state index contributed by atoms with van der Waals surface area (Å²) in [4.78, 5) is 19.3. The van der Waals surface area contributed by atoms with Crippen LogP contribution in [-0.4, -0.2) is 47.5 Å². The van der Waals surface area contributed by atoms with Crippen molar-refractivity contribution in [1.29, 1.82) is 0 Å². The molecule has 0 spiro atoms. The van der Waals surface area contributed by atoms with Gasteiger partial charge in [0.1, 0.15) is 5.82 Å². The van der Waals surface area contributed by atoms with E-state index in [1.807, 2.05) is 0 Å². The third-order valence-electron chi connectivity index (χ3n) is 4.90. The fourth-order valence-corrected chi connectivity index (χ4v) is 4.54. The van der Waals surface area contributed by atoms with Crippen LogP contribution in [0.15, 0.2) is 41.7 Å². The number of carbonyl (C=O) groups is 1. The van der Waals surface area contributed by atoms with E-state index in [1.165, 1.54) is 18.3 Å². The van der Waals surface area contributed by atoms with E-state index in [0.717, 1.165) is 12.8 Å². The number of hydrogen-bond acceptors (Lipinski definition) is 6. The van der Waals surface area contributed by atoms with Gasteiger partial charge in [-0.05, 0) is 36.5 Å². The van der Waals surface area contributed by atoms with Gasteiger partial charge in [0.2, 0.25) is 5.91 Å². The summed E-state index contributed by atoms with van der Waals surface area (Å²) in [6, 6.07) is 3.66. The van der Waals surface area contributed by atoms with Gasteiger partial charge >= 0.3 is 12.4 Å². The summed E-state index contributed by atoms with van der Waals surface area (Å²) >= 11 is 0. The molecule has 2 heterocycles. The molecule has 1 aliphatic carbocycles. The number of nitrogens with zero attached hydrogens (tertiary/aromatic N) is 2. The van der Waals surface area contributed by atoms with Crippen LogP contribution in [0.5, 0.6) is 0 Å². The third kappa shape index (κ3) is 5.43. The number of anilines is 1. The molecule has 2 aromatic rings. The van der Waals surface area contributed by atoms with Crippen molar-refractivity contribution in [2.45, 2.75) is 42.2 Å². The lowest BCUT2D eigenvalue weighted by Gasteiger charge is -2.32. The van der Waals surface area contributed by atoms with Crippen molar-refractivity contribution in [3.63, 3.8) is 0 Å². The van der Waals surface area contributed by atoms with Gasteiger partial charge in [-0.25, -0.2) is 18.4 Å². The zero-order chi connectivity index (χ0) is 24.7. The van der Waals surface area contributed by atoms with E-state index < -0.39 is 39.3 Å². The number of aliphatic hydroxyl groups is 1. The normalized spacial score (nSPS) is 15.4. The lowest BCUT2D eigenvalue weighted by Crippen LogP contribution is -2.54. The van der Waals surface area contributed by atoms with Gasteiger partial charge in [-0.2, -0.15) is 26.3 Å². The largest absolute Gasteiger partial charge is 0.430 e. The second kappa shape index (κ2) is 8.56. The van der Waals surface area contributed by atoms with Crippen molar-refractivity contribution in [3.05, 3.63) is 47.8 Å². The lowest BCUT2D eigenvalue weighted by atomic mass is 9.94. The second-order valence-electron chi connectivity index (χ2n) is 7.59. The molecule has 1 aliphatic rings. The van der Waals surface area contributed by atoms with E-state index in [2.05, 4.69) is 15.3 Å².